The highest BCUT2D eigenvalue weighted by molar-refractivity contribution is 6.50. The zero-order chi connectivity index (χ0) is 10.6. The maximum atomic E-state index is 12.8. The molecule has 0 amide bonds. The Balaban J connectivity index is 3.20. The lowest BCUT2D eigenvalue weighted by Crippen LogP contribution is -1.94. The lowest BCUT2D eigenvalue weighted by molar-refractivity contribution is -0.104. The number of hydrogen-bond acceptors (Lipinski definition) is 2. The van der Waals surface area contributed by atoms with Crippen LogP contribution in [0.15, 0.2) is 24.3 Å². The second kappa shape index (κ2) is 4.77. The number of benzene rings is 1. The van der Waals surface area contributed by atoms with E-state index in [9.17, 15) is 9.18 Å². The molecule has 4 heteroatoms. The first-order valence-electron chi connectivity index (χ1n) is 3.97. The number of carbonyl (C=O) groups excluding carboxylic acids is 1. The van der Waals surface area contributed by atoms with Crippen LogP contribution >= 0.6 is 11.6 Å². The van der Waals surface area contributed by atoms with E-state index in [0.29, 0.717) is 17.5 Å². The van der Waals surface area contributed by atoms with Gasteiger partial charge in [-0.15, -0.1) is 0 Å². The third-order valence-electron chi connectivity index (χ3n) is 1.72. The predicted molar refractivity (Wildman–Crippen MR) is 55.8 cm³/mol. The fourth-order valence-electron chi connectivity index (χ4n) is 1.08. The van der Waals surface area contributed by atoms with Gasteiger partial charge in [0.25, 0.3) is 0 Å². The van der Waals surface area contributed by atoms with Gasteiger partial charge in [0.15, 0.2) is 0 Å². The fraction of sp³-hybridized carbons (Fsp3) is 0.100. The number of nitrogens with one attached hydrogen (secondary N) is 1. The molecule has 74 valence electrons. The summed E-state index contributed by atoms with van der Waals surface area (Å²) in [5.74, 6) is -0.353. The van der Waals surface area contributed by atoms with E-state index in [-0.39, 0.29) is 10.8 Å². The molecule has 0 fully saturated rings. The van der Waals surface area contributed by atoms with Gasteiger partial charge in [-0.1, -0.05) is 11.6 Å². The topological polar surface area (TPSA) is 29.1 Å². The molecule has 0 heterocycles. The maximum absolute atomic E-state index is 12.8. The van der Waals surface area contributed by atoms with Gasteiger partial charge in [0.05, 0.1) is 5.03 Å². The molecule has 0 aliphatic heterocycles. The van der Waals surface area contributed by atoms with Crippen LogP contribution < -0.4 is 5.32 Å². The van der Waals surface area contributed by atoms with Gasteiger partial charge in [-0.3, -0.25) is 4.79 Å². The first kappa shape index (κ1) is 10.7. The Morgan fingerprint density at radius 2 is 2.29 bits per heavy atom. The van der Waals surface area contributed by atoms with Crippen LogP contribution in [-0.2, 0) is 4.79 Å². The van der Waals surface area contributed by atoms with Crippen LogP contribution in [0.5, 0.6) is 0 Å². The highest BCUT2D eigenvalue weighted by atomic mass is 35.5. The van der Waals surface area contributed by atoms with Crippen LogP contribution in [-0.4, -0.2) is 13.3 Å². The molecule has 0 atom stereocenters. The second-order valence-electron chi connectivity index (χ2n) is 2.59. The Kier molecular flexibility index (Phi) is 3.65. The standard InChI is InChI=1S/C10H9ClFNO/c1-13-10-6-7(12)2-3-8(10)9(11)4-5-14/h2-6,13H,1H3/b9-4+. The molecule has 0 saturated heterocycles. The summed E-state index contributed by atoms with van der Waals surface area (Å²) in [6.07, 6.45) is 1.81. The third-order valence-corrected chi connectivity index (χ3v) is 2.05. The van der Waals surface area contributed by atoms with Gasteiger partial charge in [0.1, 0.15) is 12.1 Å². The highest BCUT2D eigenvalue weighted by Gasteiger charge is 2.05. The van der Waals surface area contributed by atoms with Crippen molar-refractivity contribution in [1.82, 2.24) is 0 Å². The van der Waals surface area contributed by atoms with Gasteiger partial charge in [0.2, 0.25) is 0 Å². The SMILES string of the molecule is CNc1cc(F)ccc1/C(Cl)=C\C=O. The minimum Gasteiger partial charge on any atom is -0.388 e. The minimum atomic E-state index is -0.353. The summed E-state index contributed by atoms with van der Waals surface area (Å²) in [7, 11) is 1.66. The molecule has 1 aromatic rings. The van der Waals surface area contributed by atoms with Crippen LogP contribution in [0.1, 0.15) is 5.56 Å². The van der Waals surface area contributed by atoms with Crippen molar-refractivity contribution in [3.63, 3.8) is 0 Å². The molecule has 0 aromatic heterocycles. The zero-order valence-electron chi connectivity index (χ0n) is 7.55. The number of carbonyl (C=O) groups is 1. The van der Waals surface area contributed by atoms with Gasteiger partial charge in [-0.05, 0) is 24.3 Å². The summed E-state index contributed by atoms with van der Waals surface area (Å²) in [5.41, 5.74) is 1.15. The normalized spacial score (nSPS) is 11.2. The Morgan fingerprint density at radius 1 is 1.57 bits per heavy atom. The largest absolute Gasteiger partial charge is 0.388 e. The van der Waals surface area contributed by atoms with E-state index in [1.54, 1.807) is 7.05 Å². The van der Waals surface area contributed by atoms with E-state index < -0.39 is 0 Å². The molecule has 0 saturated carbocycles. The summed E-state index contributed by atoms with van der Waals surface area (Å²) >= 11 is 5.81. The monoisotopic (exact) mass is 213 g/mol. The van der Waals surface area contributed by atoms with Crippen molar-refractivity contribution >= 4 is 28.6 Å². The van der Waals surface area contributed by atoms with Crippen molar-refractivity contribution in [2.75, 3.05) is 12.4 Å². The maximum Gasteiger partial charge on any atom is 0.144 e. The smallest absolute Gasteiger partial charge is 0.144 e. The molecule has 1 N–H and O–H groups in total. The lowest BCUT2D eigenvalue weighted by atomic mass is 10.1. The van der Waals surface area contributed by atoms with Gasteiger partial charge < -0.3 is 5.32 Å². The predicted octanol–water partition coefficient (Wildman–Crippen LogP) is 2.65. The number of hydrogen-bond donors (Lipinski definition) is 1. The Labute approximate surface area is 86.4 Å². The molecule has 2 nitrogen and oxygen atoms in total. The molecule has 0 aliphatic carbocycles. The highest BCUT2D eigenvalue weighted by Crippen LogP contribution is 2.26. The summed E-state index contributed by atoms with van der Waals surface area (Å²) in [6, 6.07) is 4.12. The molecular formula is C10H9ClFNO. The van der Waals surface area contributed by atoms with Crippen molar-refractivity contribution in [3.8, 4) is 0 Å². The van der Waals surface area contributed by atoms with E-state index in [4.69, 9.17) is 11.6 Å². The number of rotatable bonds is 3. The van der Waals surface area contributed by atoms with E-state index >= 15 is 0 Å². The molecule has 14 heavy (non-hydrogen) atoms. The average molecular weight is 214 g/mol. The minimum absolute atomic E-state index is 0.282. The molecule has 0 unspecified atom stereocenters. The first-order valence-corrected chi connectivity index (χ1v) is 4.35. The molecule has 1 aromatic carbocycles. The van der Waals surface area contributed by atoms with E-state index in [2.05, 4.69) is 5.32 Å². The van der Waals surface area contributed by atoms with E-state index in [1.807, 2.05) is 0 Å². The van der Waals surface area contributed by atoms with Gasteiger partial charge in [-0.25, -0.2) is 4.39 Å². The molecule has 0 spiro atoms. The number of aldehydes is 1. The molecule has 0 radical (unpaired) electrons. The summed E-state index contributed by atoms with van der Waals surface area (Å²) in [6.45, 7) is 0. The summed E-state index contributed by atoms with van der Waals surface area (Å²) in [5, 5.41) is 3.08. The summed E-state index contributed by atoms with van der Waals surface area (Å²) in [4.78, 5) is 10.2. The van der Waals surface area contributed by atoms with Crippen molar-refractivity contribution in [3.05, 3.63) is 35.7 Å². The second-order valence-corrected chi connectivity index (χ2v) is 3.00. The van der Waals surface area contributed by atoms with Gasteiger partial charge in [0, 0.05) is 18.3 Å². The molecule has 1 rings (SSSR count). The Hall–Kier alpha value is -1.35. The summed E-state index contributed by atoms with van der Waals surface area (Å²) < 4.78 is 12.8. The molecular weight excluding hydrogens is 205 g/mol. The van der Waals surface area contributed by atoms with Gasteiger partial charge >= 0.3 is 0 Å². The Bertz CT molecular complexity index is 376. The lowest BCUT2D eigenvalue weighted by Gasteiger charge is -2.07. The van der Waals surface area contributed by atoms with Crippen LogP contribution in [0, 0.1) is 5.82 Å². The third kappa shape index (κ3) is 2.33. The zero-order valence-corrected chi connectivity index (χ0v) is 8.31. The average Bonchev–Trinajstić information content (AvgIpc) is 2.17. The van der Waals surface area contributed by atoms with Crippen LogP contribution in [0.2, 0.25) is 0 Å². The Morgan fingerprint density at radius 3 is 2.86 bits per heavy atom. The number of anilines is 1. The van der Waals surface area contributed by atoms with E-state index in [1.165, 1.54) is 24.3 Å². The van der Waals surface area contributed by atoms with E-state index in [0.717, 1.165) is 0 Å². The number of allylic oxidation sites excluding steroid dienone is 1. The molecule has 0 aliphatic rings. The number of halogens is 2. The molecule has 0 bridgehead atoms. The van der Waals surface area contributed by atoms with Crippen LogP contribution in [0.3, 0.4) is 0 Å². The van der Waals surface area contributed by atoms with Crippen LogP contribution in [0.4, 0.5) is 10.1 Å². The quantitative estimate of drug-likeness (QED) is 0.618. The van der Waals surface area contributed by atoms with Crippen LogP contribution in [0.25, 0.3) is 5.03 Å². The fourth-order valence-corrected chi connectivity index (χ4v) is 1.30. The first-order chi connectivity index (χ1) is 6.69. The van der Waals surface area contributed by atoms with Gasteiger partial charge in [-0.2, -0.15) is 0 Å². The van der Waals surface area contributed by atoms with Crippen molar-refractivity contribution in [1.29, 1.82) is 0 Å². The van der Waals surface area contributed by atoms with Crippen molar-refractivity contribution in [2.24, 2.45) is 0 Å². The van der Waals surface area contributed by atoms with Crippen molar-refractivity contribution in [2.45, 2.75) is 0 Å². The van der Waals surface area contributed by atoms with Crippen molar-refractivity contribution < 1.29 is 9.18 Å².